The smallest absolute Gasteiger partial charge is 0.227 e. The predicted octanol–water partition coefficient (Wildman–Crippen LogP) is 2.55. The second-order valence-corrected chi connectivity index (χ2v) is 5.89. The highest BCUT2D eigenvalue weighted by molar-refractivity contribution is 9.10. The van der Waals surface area contributed by atoms with Crippen LogP contribution in [0.15, 0.2) is 22.7 Å². The Morgan fingerprint density at radius 1 is 1.58 bits per heavy atom. The molecule has 0 bridgehead atoms. The molecule has 1 aromatic carbocycles. The lowest BCUT2D eigenvalue weighted by Crippen LogP contribution is -2.41. The van der Waals surface area contributed by atoms with Gasteiger partial charge in [0.15, 0.2) is 0 Å². The van der Waals surface area contributed by atoms with Crippen LogP contribution in [0.4, 0.5) is 4.39 Å². The standard InChI is InChI=1S/C14H18BrFN2O/c1-18(14(19)10-3-2-6-17-8-10)9-11-7-12(15)4-5-13(11)16/h4-5,7,10,17H,2-3,6,8-9H2,1H3/t10-/m0/s1. The normalized spacial score (nSPS) is 19.2. The molecular weight excluding hydrogens is 311 g/mol. The summed E-state index contributed by atoms with van der Waals surface area (Å²) in [5.74, 6) is -0.162. The van der Waals surface area contributed by atoms with Crippen LogP contribution in [0, 0.1) is 11.7 Å². The van der Waals surface area contributed by atoms with Crippen LogP contribution in [0.1, 0.15) is 18.4 Å². The van der Waals surface area contributed by atoms with Gasteiger partial charge in [-0.3, -0.25) is 4.79 Å². The fraction of sp³-hybridized carbons (Fsp3) is 0.500. The van der Waals surface area contributed by atoms with Crippen LogP contribution in [-0.2, 0) is 11.3 Å². The van der Waals surface area contributed by atoms with Crippen molar-refractivity contribution < 1.29 is 9.18 Å². The number of nitrogens with one attached hydrogen (secondary N) is 1. The minimum absolute atomic E-state index is 0.0222. The summed E-state index contributed by atoms with van der Waals surface area (Å²) in [4.78, 5) is 13.9. The molecule has 1 atom stereocenters. The molecule has 1 fully saturated rings. The molecule has 0 unspecified atom stereocenters. The predicted molar refractivity (Wildman–Crippen MR) is 76.2 cm³/mol. The number of carbonyl (C=O) groups is 1. The zero-order valence-corrected chi connectivity index (χ0v) is 12.5. The van der Waals surface area contributed by atoms with E-state index in [9.17, 15) is 9.18 Å². The fourth-order valence-corrected chi connectivity index (χ4v) is 2.78. The van der Waals surface area contributed by atoms with Gasteiger partial charge in [-0.1, -0.05) is 15.9 Å². The van der Waals surface area contributed by atoms with Gasteiger partial charge in [0, 0.05) is 30.2 Å². The first-order valence-electron chi connectivity index (χ1n) is 6.47. The van der Waals surface area contributed by atoms with Crippen LogP contribution >= 0.6 is 15.9 Å². The number of amides is 1. The Morgan fingerprint density at radius 3 is 3.05 bits per heavy atom. The molecule has 0 aromatic heterocycles. The van der Waals surface area contributed by atoms with E-state index in [4.69, 9.17) is 0 Å². The number of halogens is 2. The zero-order valence-electron chi connectivity index (χ0n) is 11.0. The molecule has 1 amide bonds. The molecule has 0 spiro atoms. The number of hydrogen-bond acceptors (Lipinski definition) is 2. The first-order chi connectivity index (χ1) is 9.08. The Kier molecular flexibility index (Phi) is 4.93. The van der Waals surface area contributed by atoms with E-state index in [1.807, 2.05) is 0 Å². The molecule has 0 saturated carbocycles. The Morgan fingerprint density at radius 2 is 2.37 bits per heavy atom. The summed E-state index contributed by atoms with van der Waals surface area (Å²) in [6, 6.07) is 4.80. The molecule has 1 aliphatic rings. The molecule has 1 aromatic rings. The minimum Gasteiger partial charge on any atom is -0.341 e. The van der Waals surface area contributed by atoms with Gasteiger partial charge in [0.05, 0.1) is 5.92 Å². The average molecular weight is 329 g/mol. The summed E-state index contributed by atoms with van der Waals surface area (Å²) >= 11 is 3.32. The summed E-state index contributed by atoms with van der Waals surface area (Å²) in [5.41, 5.74) is 0.536. The van der Waals surface area contributed by atoms with E-state index >= 15 is 0 Å². The highest BCUT2D eigenvalue weighted by atomic mass is 79.9. The summed E-state index contributed by atoms with van der Waals surface area (Å²) in [7, 11) is 1.73. The second-order valence-electron chi connectivity index (χ2n) is 4.97. The van der Waals surface area contributed by atoms with Gasteiger partial charge >= 0.3 is 0 Å². The number of benzene rings is 1. The lowest BCUT2D eigenvalue weighted by Gasteiger charge is -2.27. The molecule has 0 radical (unpaired) electrons. The van der Waals surface area contributed by atoms with Crippen molar-refractivity contribution in [2.24, 2.45) is 5.92 Å². The first kappa shape index (κ1) is 14.5. The van der Waals surface area contributed by atoms with E-state index in [-0.39, 0.29) is 17.6 Å². The maximum absolute atomic E-state index is 13.7. The molecule has 1 heterocycles. The van der Waals surface area contributed by atoms with Gasteiger partial charge in [0.2, 0.25) is 5.91 Å². The SMILES string of the molecule is CN(Cc1cc(Br)ccc1F)C(=O)[C@H]1CCCNC1. The lowest BCUT2D eigenvalue weighted by molar-refractivity contribution is -0.135. The van der Waals surface area contributed by atoms with Crippen molar-refractivity contribution in [1.82, 2.24) is 10.2 Å². The van der Waals surface area contributed by atoms with Crippen molar-refractivity contribution in [3.05, 3.63) is 34.1 Å². The molecule has 1 saturated heterocycles. The molecule has 0 aliphatic carbocycles. The minimum atomic E-state index is -0.274. The summed E-state index contributed by atoms with van der Waals surface area (Å²) in [6.07, 6.45) is 1.94. The van der Waals surface area contributed by atoms with E-state index in [1.165, 1.54) is 6.07 Å². The zero-order chi connectivity index (χ0) is 13.8. The van der Waals surface area contributed by atoms with E-state index in [1.54, 1.807) is 24.1 Å². The topological polar surface area (TPSA) is 32.3 Å². The van der Waals surface area contributed by atoms with Crippen molar-refractivity contribution >= 4 is 21.8 Å². The van der Waals surface area contributed by atoms with Crippen LogP contribution in [0.5, 0.6) is 0 Å². The van der Waals surface area contributed by atoms with Gasteiger partial charge in [-0.2, -0.15) is 0 Å². The highest BCUT2D eigenvalue weighted by Gasteiger charge is 2.24. The van der Waals surface area contributed by atoms with Crippen LogP contribution < -0.4 is 5.32 Å². The van der Waals surface area contributed by atoms with Crippen molar-refractivity contribution in [2.75, 3.05) is 20.1 Å². The van der Waals surface area contributed by atoms with E-state index < -0.39 is 0 Å². The third-order valence-electron chi connectivity index (χ3n) is 3.44. The third-order valence-corrected chi connectivity index (χ3v) is 3.93. The molecule has 2 rings (SSSR count). The van der Waals surface area contributed by atoms with Crippen LogP contribution in [0.25, 0.3) is 0 Å². The quantitative estimate of drug-likeness (QED) is 0.924. The highest BCUT2D eigenvalue weighted by Crippen LogP contribution is 2.19. The number of carbonyl (C=O) groups excluding carboxylic acids is 1. The van der Waals surface area contributed by atoms with Gasteiger partial charge < -0.3 is 10.2 Å². The van der Waals surface area contributed by atoms with E-state index in [0.717, 1.165) is 30.4 Å². The largest absolute Gasteiger partial charge is 0.341 e. The Bertz CT molecular complexity index is 461. The number of rotatable bonds is 3. The van der Waals surface area contributed by atoms with Crippen molar-refractivity contribution in [1.29, 1.82) is 0 Å². The molecule has 3 nitrogen and oxygen atoms in total. The van der Waals surface area contributed by atoms with Crippen molar-refractivity contribution in [2.45, 2.75) is 19.4 Å². The molecular formula is C14H18BrFN2O. The number of nitrogens with zero attached hydrogens (tertiary/aromatic N) is 1. The molecule has 1 N–H and O–H groups in total. The van der Waals surface area contributed by atoms with Crippen LogP contribution in [0.3, 0.4) is 0 Å². The van der Waals surface area contributed by atoms with Crippen molar-refractivity contribution in [3.8, 4) is 0 Å². The maximum atomic E-state index is 13.7. The van der Waals surface area contributed by atoms with Gasteiger partial charge in [-0.05, 0) is 37.6 Å². The van der Waals surface area contributed by atoms with Crippen molar-refractivity contribution in [3.63, 3.8) is 0 Å². The maximum Gasteiger partial charge on any atom is 0.227 e. The summed E-state index contributed by atoms with van der Waals surface area (Å²) < 4.78 is 14.5. The average Bonchev–Trinajstić information content (AvgIpc) is 2.43. The Hall–Kier alpha value is -0.940. The van der Waals surface area contributed by atoms with Gasteiger partial charge in [-0.15, -0.1) is 0 Å². The Labute approximate surface area is 121 Å². The molecule has 5 heteroatoms. The van der Waals surface area contributed by atoms with E-state index in [0.29, 0.717) is 12.1 Å². The second kappa shape index (κ2) is 6.48. The van der Waals surface area contributed by atoms with Gasteiger partial charge in [0.25, 0.3) is 0 Å². The number of hydrogen-bond donors (Lipinski definition) is 1. The summed E-state index contributed by atoms with van der Waals surface area (Å²) in [6.45, 7) is 2.01. The van der Waals surface area contributed by atoms with Gasteiger partial charge in [-0.25, -0.2) is 4.39 Å². The summed E-state index contributed by atoms with van der Waals surface area (Å²) in [5, 5.41) is 3.23. The molecule has 1 aliphatic heterocycles. The number of piperidine rings is 1. The Balaban J connectivity index is 2.01. The van der Waals surface area contributed by atoms with Crippen LogP contribution in [-0.4, -0.2) is 30.9 Å². The fourth-order valence-electron chi connectivity index (χ4n) is 2.37. The van der Waals surface area contributed by atoms with E-state index in [2.05, 4.69) is 21.2 Å². The third kappa shape index (κ3) is 3.76. The van der Waals surface area contributed by atoms with Gasteiger partial charge in [0.1, 0.15) is 5.82 Å². The monoisotopic (exact) mass is 328 g/mol. The first-order valence-corrected chi connectivity index (χ1v) is 7.27. The van der Waals surface area contributed by atoms with Crippen LogP contribution in [0.2, 0.25) is 0 Å². The molecule has 19 heavy (non-hydrogen) atoms. The lowest BCUT2D eigenvalue weighted by atomic mass is 9.98. The molecule has 104 valence electrons.